The molecule has 5 saturated carbocycles. The number of ether oxygens (including phenoxy) is 1. The number of allylic oxidation sites excluding steroid dienone is 1. The average Bonchev–Trinajstić information content (AvgIpc) is 3.64. The number of aliphatic carboxylic acids is 1. The number of hydrogen-bond donors (Lipinski definition) is 2. The van der Waals surface area contributed by atoms with Gasteiger partial charge < -0.3 is 19.7 Å². The molecule has 1 aromatic heterocycles. The van der Waals surface area contributed by atoms with E-state index >= 15 is 0 Å². The topological polar surface area (TPSA) is 111 Å². The number of esters is 1. The SMILES string of the molecule is C=C(C)[C@@H]1CC[C@]2(C(=O)NCc3nc4ccccc4n3C)CC[C@]3(C)[C@H](CC[C@@H]4[C@@]5(C)CC[C@H](OC(=O)CC(C)(C)C(=O)O)C(C)(C)[C@@H]5CC[C@]43C)[C@@H]12. The second kappa shape index (κ2) is 12.7. The summed E-state index contributed by atoms with van der Waals surface area (Å²) in [6.07, 6.45) is 9.93. The standard InChI is InChI=1S/C45H65N3O5/c1-27(2)28-17-22-45(38(50)46-26-35-47-30-13-11-12-14-31(30)48(35)10)24-23-43(8)29(37(28)45)15-16-33-42(7)20-19-34(53-36(49)25-40(3,4)39(51)52)41(5,6)32(42)18-21-44(33,43)9/h11-14,28-29,32-34,37H,1,15-26H2,2-10H3,(H,46,50)(H,51,52)/t28-,29+,32-,33+,34-,37+,42-,43+,44+,45-/m0/s1. The molecule has 10 atom stereocenters. The first kappa shape index (κ1) is 38.1. The van der Waals surface area contributed by atoms with Crippen LogP contribution in [0.5, 0.6) is 0 Å². The van der Waals surface area contributed by atoms with Crippen LogP contribution >= 0.6 is 0 Å². The van der Waals surface area contributed by atoms with Crippen LogP contribution in [0, 0.1) is 62.1 Å². The smallest absolute Gasteiger partial charge is 0.309 e. The van der Waals surface area contributed by atoms with Crippen molar-refractivity contribution >= 4 is 28.9 Å². The Kier molecular flexibility index (Phi) is 9.13. The van der Waals surface area contributed by atoms with Crippen LogP contribution in [0.25, 0.3) is 11.0 Å². The van der Waals surface area contributed by atoms with Gasteiger partial charge in [0.2, 0.25) is 5.91 Å². The number of imidazole rings is 1. The number of para-hydroxylation sites is 2. The molecule has 8 nitrogen and oxygen atoms in total. The quantitative estimate of drug-likeness (QED) is 0.207. The molecule has 8 heteroatoms. The van der Waals surface area contributed by atoms with Crippen LogP contribution in [-0.4, -0.2) is 38.6 Å². The van der Waals surface area contributed by atoms with E-state index in [1.807, 2.05) is 25.2 Å². The van der Waals surface area contributed by atoms with Gasteiger partial charge in [-0.3, -0.25) is 14.4 Å². The van der Waals surface area contributed by atoms with Crippen molar-refractivity contribution in [1.82, 2.24) is 14.9 Å². The summed E-state index contributed by atoms with van der Waals surface area (Å²) in [5.74, 6) is 1.74. The fourth-order valence-electron chi connectivity index (χ4n) is 14.0. The molecule has 1 amide bonds. The minimum Gasteiger partial charge on any atom is -0.481 e. The van der Waals surface area contributed by atoms with Crippen molar-refractivity contribution in [2.45, 2.75) is 139 Å². The van der Waals surface area contributed by atoms with Crippen LogP contribution in [0.15, 0.2) is 36.4 Å². The number of carbonyl (C=O) groups is 3. The molecule has 0 unspecified atom stereocenters. The molecule has 5 aliphatic carbocycles. The zero-order valence-electron chi connectivity index (χ0n) is 33.9. The number of amides is 1. The van der Waals surface area contributed by atoms with Crippen molar-refractivity contribution in [3.63, 3.8) is 0 Å². The van der Waals surface area contributed by atoms with E-state index in [4.69, 9.17) is 9.72 Å². The third-order valence-corrected chi connectivity index (χ3v) is 17.2. The number of fused-ring (bicyclic) bond motifs is 8. The molecule has 0 saturated heterocycles. The van der Waals surface area contributed by atoms with Gasteiger partial charge >= 0.3 is 11.9 Å². The van der Waals surface area contributed by atoms with Gasteiger partial charge in [-0.2, -0.15) is 0 Å². The zero-order valence-corrected chi connectivity index (χ0v) is 33.9. The second-order valence-corrected chi connectivity index (χ2v) is 20.3. The molecule has 0 spiro atoms. The van der Waals surface area contributed by atoms with Crippen LogP contribution in [0.4, 0.5) is 0 Å². The van der Waals surface area contributed by atoms with E-state index in [0.29, 0.717) is 30.2 Å². The number of benzene rings is 1. The third kappa shape index (κ3) is 5.56. The molecule has 1 aromatic carbocycles. The maximum atomic E-state index is 14.7. The molecule has 5 aliphatic rings. The highest BCUT2D eigenvalue weighted by atomic mass is 16.5. The predicted molar refractivity (Wildman–Crippen MR) is 207 cm³/mol. The summed E-state index contributed by atoms with van der Waals surface area (Å²) in [6, 6.07) is 8.15. The Morgan fingerprint density at radius 1 is 0.943 bits per heavy atom. The molecule has 7 rings (SSSR count). The monoisotopic (exact) mass is 727 g/mol. The fraction of sp³-hybridized carbons (Fsp3) is 0.733. The van der Waals surface area contributed by atoms with E-state index < -0.39 is 17.4 Å². The number of aryl methyl sites for hydroxylation is 1. The summed E-state index contributed by atoms with van der Waals surface area (Å²) in [7, 11) is 2.04. The number of rotatable bonds is 8. The Hall–Kier alpha value is -3.16. The van der Waals surface area contributed by atoms with Gasteiger partial charge in [0.15, 0.2) is 0 Å². The highest BCUT2D eigenvalue weighted by Gasteiger charge is 2.72. The molecule has 5 fully saturated rings. The van der Waals surface area contributed by atoms with E-state index in [9.17, 15) is 19.5 Å². The van der Waals surface area contributed by atoms with Crippen LogP contribution in [0.2, 0.25) is 0 Å². The second-order valence-electron chi connectivity index (χ2n) is 20.3. The lowest BCUT2D eigenvalue weighted by Gasteiger charge is -2.72. The molecule has 1 heterocycles. The van der Waals surface area contributed by atoms with Crippen molar-refractivity contribution in [2.75, 3.05) is 0 Å². The lowest BCUT2D eigenvalue weighted by molar-refractivity contribution is -0.249. The highest BCUT2D eigenvalue weighted by Crippen LogP contribution is 2.77. The molecular formula is C45H65N3O5. The summed E-state index contributed by atoms with van der Waals surface area (Å²) in [6.45, 7) is 22.7. The summed E-state index contributed by atoms with van der Waals surface area (Å²) < 4.78 is 8.29. The first-order valence-electron chi connectivity index (χ1n) is 20.5. The van der Waals surface area contributed by atoms with Crippen molar-refractivity contribution in [2.24, 2.45) is 69.1 Å². The maximum absolute atomic E-state index is 14.7. The Balaban J connectivity index is 1.13. The van der Waals surface area contributed by atoms with E-state index in [1.165, 1.54) is 5.57 Å². The molecule has 2 N–H and O–H groups in total. The molecular weight excluding hydrogens is 663 g/mol. The van der Waals surface area contributed by atoms with Gasteiger partial charge in [-0.05, 0) is 143 Å². The van der Waals surface area contributed by atoms with Crippen LogP contribution < -0.4 is 5.32 Å². The number of nitrogens with one attached hydrogen (secondary N) is 1. The van der Waals surface area contributed by atoms with Gasteiger partial charge in [-0.15, -0.1) is 0 Å². The summed E-state index contributed by atoms with van der Waals surface area (Å²) in [5.41, 5.74) is 1.84. The van der Waals surface area contributed by atoms with Crippen molar-refractivity contribution in [3.8, 4) is 0 Å². The summed E-state index contributed by atoms with van der Waals surface area (Å²) >= 11 is 0. The Bertz CT molecular complexity index is 1830. The molecule has 53 heavy (non-hydrogen) atoms. The zero-order chi connectivity index (χ0) is 38.5. The molecule has 0 bridgehead atoms. The van der Waals surface area contributed by atoms with Crippen molar-refractivity contribution in [3.05, 3.63) is 42.2 Å². The first-order valence-corrected chi connectivity index (χ1v) is 20.5. The average molecular weight is 728 g/mol. The minimum atomic E-state index is -1.15. The Morgan fingerprint density at radius 2 is 1.66 bits per heavy atom. The Morgan fingerprint density at radius 3 is 2.34 bits per heavy atom. The lowest BCUT2D eigenvalue weighted by Crippen LogP contribution is -2.67. The largest absolute Gasteiger partial charge is 0.481 e. The lowest BCUT2D eigenvalue weighted by atomic mass is 9.32. The van der Waals surface area contributed by atoms with Crippen LogP contribution in [-0.2, 0) is 32.7 Å². The molecule has 290 valence electrons. The number of carboxylic acids is 1. The maximum Gasteiger partial charge on any atom is 0.309 e. The van der Waals surface area contributed by atoms with Crippen molar-refractivity contribution < 1.29 is 24.2 Å². The molecule has 2 aromatic rings. The van der Waals surface area contributed by atoms with Crippen LogP contribution in [0.1, 0.15) is 132 Å². The fourth-order valence-corrected chi connectivity index (χ4v) is 14.0. The van der Waals surface area contributed by atoms with E-state index in [2.05, 4.69) is 64.1 Å². The van der Waals surface area contributed by atoms with Gasteiger partial charge in [0.1, 0.15) is 11.9 Å². The molecule has 0 radical (unpaired) electrons. The van der Waals surface area contributed by atoms with Crippen LogP contribution in [0.3, 0.4) is 0 Å². The van der Waals surface area contributed by atoms with Gasteiger partial charge in [0.05, 0.1) is 34.8 Å². The normalized spacial score (nSPS) is 38.9. The number of aromatic nitrogens is 2. The predicted octanol–water partition coefficient (Wildman–Crippen LogP) is 9.26. The van der Waals surface area contributed by atoms with Gasteiger partial charge in [0, 0.05) is 12.5 Å². The van der Waals surface area contributed by atoms with Gasteiger partial charge in [-0.25, -0.2) is 4.98 Å². The summed E-state index contributed by atoms with van der Waals surface area (Å²) in [5, 5.41) is 13.1. The highest BCUT2D eigenvalue weighted by molar-refractivity contribution is 5.84. The first-order chi connectivity index (χ1) is 24.7. The van der Waals surface area contributed by atoms with E-state index in [-0.39, 0.29) is 51.4 Å². The third-order valence-electron chi connectivity index (χ3n) is 17.2. The van der Waals surface area contributed by atoms with E-state index in [1.54, 1.807) is 13.8 Å². The summed E-state index contributed by atoms with van der Waals surface area (Å²) in [4.78, 5) is 44.4. The van der Waals surface area contributed by atoms with Crippen molar-refractivity contribution in [1.29, 1.82) is 0 Å². The van der Waals surface area contributed by atoms with E-state index in [0.717, 1.165) is 81.1 Å². The molecule has 0 aliphatic heterocycles. The van der Waals surface area contributed by atoms with Gasteiger partial charge in [-0.1, -0.05) is 58.9 Å². The number of nitrogens with zero attached hydrogens (tertiary/aromatic N) is 2. The number of carboxylic acid groups (broad SMARTS) is 1. The van der Waals surface area contributed by atoms with Gasteiger partial charge in [0.25, 0.3) is 0 Å². The Labute approximate surface area is 317 Å². The minimum absolute atomic E-state index is 0.101. The number of carbonyl (C=O) groups excluding carboxylic acids is 2. The number of hydrogen-bond acceptors (Lipinski definition) is 5.